The van der Waals surface area contributed by atoms with E-state index < -0.39 is 0 Å². The number of aryl methyl sites for hydroxylation is 1. The van der Waals surface area contributed by atoms with Crippen LogP contribution in [0.25, 0.3) is 0 Å². The minimum atomic E-state index is 0.416. The highest BCUT2D eigenvalue weighted by Gasteiger charge is 2.30. The van der Waals surface area contributed by atoms with Gasteiger partial charge < -0.3 is 9.73 Å². The summed E-state index contributed by atoms with van der Waals surface area (Å²) in [6.07, 6.45) is 6.19. The van der Waals surface area contributed by atoms with E-state index in [-0.39, 0.29) is 0 Å². The lowest BCUT2D eigenvalue weighted by Gasteiger charge is -2.21. The van der Waals surface area contributed by atoms with Crippen LogP contribution < -0.4 is 5.32 Å². The lowest BCUT2D eigenvalue weighted by atomic mass is 9.94. The molecule has 1 unspecified atom stereocenters. The van der Waals surface area contributed by atoms with E-state index in [1.807, 2.05) is 6.07 Å². The quantitative estimate of drug-likeness (QED) is 0.814. The van der Waals surface area contributed by atoms with Crippen LogP contribution in [0.2, 0.25) is 5.22 Å². The van der Waals surface area contributed by atoms with Crippen molar-refractivity contribution < 1.29 is 4.42 Å². The molecule has 2 aliphatic rings. The Balaban J connectivity index is 1.85. The zero-order valence-corrected chi connectivity index (χ0v) is 8.81. The van der Waals surface area contributed by atoms with Crippen molar-refractivity contribution >= 4 is 11.6 Å². The van der Waals surface area contributed by atoms with E-state index in [0.717, 1.165) is 18.2 Å². The number of fused-ring (bicyclic) bond motifs is 1. The van der Waals surface area contributed by atoms with Gasteiger partial charge in [0, 0.05) is 6.04 Å². The van der Waals surface area contributed by atoms with Crippen LogP contribution in [0.1, 0.15) is 43.0 Å². The van der Waals surface area contributed by atoms with E-state index in [2.05, 4.69) is 5.32 Å². The summed E-state index contributed by atoms with van der Waals surface area (Å²) in [7, 11) is 0. The van der Waals surface area contributed by atoms with E-state index in [4.69, 9.17) is 16.0 Å². The van der Waals surface area contributed by atoms with Crippen molar-refractivity contribution in [1.29, 1.82) is 0 Å². The third kappa shape index (κ3) is 1.57. The molecule has 0 spiro atoms. The number of halogens is 1. The van der Waals surface area contributed by atoms with Crippen LogP contribution in [0.5, 0.6) is 0 Å². The van der Waals surface area contributed by atoms with Crippen LogP contribution in [0.4, 0.5) is 0 Å². The molecule has 76 valence electrons. The lowest BCUT2D eigenvalue weighted by Crippen LogP contribution is -2.26. The average Bonchev–Trinajstić information content (AvgIpc) is 2.87. The number of furan rings is 1. The predicted molar refractivity (Wildman–Crippen MR) is 55.6 cm³/mol. The molecule has 0 saturated heterocycles. The van der Waals surface area contributed by atoms with Crippen LogP contribution >= 0.6 is 11.6 Å². The molecular weight excluding hydrogens is 198 g/mol. The minimum absolute atomic E-state index is 0.416. The predicted octanol–water partition coefficient (Wildman–Crippen LogP) is 3.06. The van der Waals surface area contributed by atoms with Crippen LogP contribution in [0.3, 0.4) is 0 Å². The largest absolute Gasteiger partial charge is 0.448 e. The maximum absolute atomic E-state index is 5.87. The molecular formula is C11H14ClNO. The third-order valence-electron chi connectivity index (χ3n) is 3.08. The van der Waals surface area contributed by atoms with Gasteiger partial charge in [0.2, 0.25) is 0 Å². The Bertz CT molecular complexity index is 343. The highest BCUT2D eigenvalue weighted by molar-refractivity contribution is 6.28. The summed E-state index contributed by atoms with van der Waals surface area (Å²) >= 11 is 5.87. The van der Waals surface area contributed by atoms with Gasteiger partial charge in [0.05, 0.1) is 6.04 Å². The first-order chi connectivity index (χ1) is 6.83. The van der Waals surface area contributed by atoms with Gasteiger partial charge in [-0.2, -0.15) is 0 Å². The fraction of sp³-hybridized carbons (Fsp3) is 0.636. The third-order valence-corrected chi connectivity index (χ3v) is 3.27. The second kappa shape index (κ2) is 3.28. The van der Waals surface area contributed by atoms with Crippen molar-refractivity contribution in [3.8, 4) is 0 Å². The number of hydrogen-bond acceptors (Lipinski definition) is 2. The van der Waals surface area contributed by atoms with Gasteiger partial charge in [-0.25, -0.2) is 0 Å². The standard InChI is InChI=1S/C11H14ClNO/c12-10-6-7-2-1-3-9(11(7)14-10)13-8-4-5-8/h6,8-9,13H,1-5H2. The Hall–Kier alpha value is -0.470. The molecule has 2 nitrogen and oxygen atoms in total. The molecule has 1 aromatic heterocycles. The minimum Gasteiger partial charge on any atom is -0.448 e. The second-order valence-electron chi connectivity index (χ2n) is 4.33. The number of nitrogens with one attached hydrogen (secondary N) is 1. The first-order valence-corrected chi connectivity index (χ1v) is 5.75. The lowest BCUT2D eigenvalue weighted by molar-refractivity contribution is 0.367. The monoisotopic (exact) mass is 211 g/mol. The topological polar surface area (TPSA) is 25.2 Å². The summed E-state index contributed by atoms with van der Waals surface area (Å²) < 4.78 is 5.55. The molecule has 1 N–H and O–H groups in total. The molecule has 1 saturated carbocycles. The molecule has 0 aliphatic heterocycles. The molecule has 2 aliphatic carbocycles. The molecule has 3 rings (SSSR count). The molecule has 0 radical (unpaired) electrons. The maximum Gasteiger partial charge on any atom is 0.193 e. The zero-order valence-electron chi connectivity index (χ0n) is 8.05. The number of rotatable bonds is 2. The summed E-state index contributed by atoms with van der Waals surface area (Å²) in [6, 6.07) is 3.12. The summed E-state index contributed by atoms with van der Waals surface area (Å²) in [5, 5.41) is 4.15. The average molecular weight is 212 g/mol. The second-order valence-corrected chi connectivity index (χ2v) is 4.70. The number of hydrogen-bond donors (Lipinski definition) is 1. The van der Waals surface area contributed by atoms with Crippen molar-refractivity contribution in [2.24, 2.45) is 0 Å². The Morgan fingerprint density at radius 1 is 1.36 bits per heavy atom. The Kier molecular flexibility index (Phi) is 2.06. The summed E-state index contributed by atoms with van der Waals surface area (Å²) in [4.78, 5) is 0. The van der Waals surface area contributed by atoms with Crippen molar-refractivity contribution in [1.82, 2.24) is 5.32 Å². The van der Waals surface area contributed by atoms with E-state index in [9.17, 15) is 0 Å². The van der Waals surface area contributed by atoms with Crippen molar-refractivity contribution in [3.05, 3.63) is 22.6 Å². The highest BCUT2D eigenvalue weighted by Crippen LogP contribution is 2.36. The van der Waals surface area contributed by atoms with Crippen molar-refractivity contribution in [2.45, 2.75) is 44.2 Å². The molecule has 1 atom stereocenters. The first kappa shape index (κ1) is 8.81. The molecule has 0 aromatic carbocycles. The van der Waals surface area contributed by atoms with E-state index in [1.54, 1.807) is 0 Å². The maximum atomic E-state index is 5.87. The SMILES string of the molecule is Clc1cc2c(o1)C(NC1CC1)CCC2. The zero-order chi connectivity index (χ0) is 9.54. The normalized spacial score (nSPS) is 26.2. The van der Waals surface area contributed by atoms with Gasteiger partial charge in [-0.3, -0.25) is 0 Å². The molecule has 14 heavy (non-hydrogen) atoms. The van der Waals surface area contributed by atoms with Gasteiger partial charge in [0.15, 0.2) is 5.22 Å². The summed E-state index contributed by atoms with van der Waals surface area (Å²) in [5.74, 6) is 1.09. The smallest absolute Gasteiger partial charge is 0.193 e. The van der Waals surface area contributed by atoms with Gasteiger partial charge in [-0.05, 0) is 55.3 Å². The highest BCUT2D eigenvalue weighted by atomic mass is 35.5. The molecule has 0 amide bonds. The van der Waals surface area contributed by atoms with Crippen LogP contribution in [-0.4, -0.2) is 6.04 Å². The van der Waals surface area contributed by atoms with Crippen molar-refractivity contribution in [3.63, 3.8) is 0 Å². The van der Waals surface area contributed by atoms with E-state index in [1.165, 1.54) is 31.2 Å². The Morgan fingerprint density at radius 3 is 3.00 bits per heavy atom. The fourth-order valence-electron chi connectivity index (χ4n) is 2.22. The van der Waals surface area contributed by atoms with Crippen LogP contribution in [0.15, 0.2) is 10.5 Å². The van der Waals surface area contributed by atoms with Crippen LogP contribution in [0, 0.1) is 0 Å². The van der Waals surface area contributed by atoms with E-state index in [0.29, 0.717) is 11.3 Å². The van der Waals surface area contributed by atoms with Gasteiger partial charge in [-0.15, -0.1) is 0 Å². The molecule has 1 aromatic rings. The molecule has 0 bridgehead atoms. The van der Waals surface area contributed by atoms with Crippen molar-refractivity contribution in [2.75, 3.05) is 0 Å². The molecule has 1 fully saturated rings. The van der Waals surface area contributed by atoms with E-state index >= 15 is 0 Å². The van der Waals surface area contributed by atoms with Gasteiger partial charge in [-0.1, -0.05) is 0 Å². The summed E-state index contributed by atoms with van der Waals surface area (Å²) in [6.45, 7) is 0. The first-order valence-electron chi connectivity index (χ1n) is 5.37. The Morgan fingerprint density at radius 2 is 2.21 bits per heavy atom. The van der Waals surface area contributed by atoms with Gasteiger partial charge >= 0.3 is 0 Å². The van der Waals surface area contributed by atoms with Gasteiger partial charge in [0.25, 0.3) is 0 Å². The molecule has 3 heteroatoms. The Labute approximate surface area is 88.6 Å². The summed E-state index contributed by atoms with van der Waals surface area (Å²) in [5.41, 5.74) is 1.31. The van der Waals surface area contributed by atoms with Crippen LogP contribution in [-0.2, 0) is 6.42 Å². The van der Waals surface area contributed by atoms with Gasteiger partial charge in [0.1, 0.15) is 5.76 Å². The fourth-order valence-corrected chi connectivity index (χ4v) is 2.43. The molecule has 1 heterocycles.